The second-order valence-electron chi connectivity index (χ2n) is 6.72. The lowest BCUT2D eigenvalue weighted by atomic mass is 9.90. The summed E-state index contributed by atoms with van der Waals surface area (Å²) in [5.74, 6) is 0.219. The second-order valence-corrected chi connectivity index (χ2v) is 6.72. The molecule has 0 aromatic rings. The molecule has 0 bridgehead atoms. The molecule has 17 heavy (non-hydrogen) atoms. The Hall–Kier alpha value is -0.570. The maximum absolute atomic E-state index is 11.7. The molecule has 2 N–H and O–H groups in total. The zero-order valence-corrected chi connectivity index (χ0v) is 11.9. The summed E-state index contributed by atoms with van der Waals surface area (Å²) in [6.45, 7) is 8.53. The number of hydrogen-bond donors (Lipinski definition) is 2. The van der Waals surface area contributed by atoms with Crippen molar-refractivity contribution in [1.82, 2.24) is 10.6 Å². The fourth-order valence-corrected chi connectivity index (χ4v) is 2.12. The van der Waals surface area contributed by atoms with Crippen LogP contribution in [0.5, 0.6) is 0 Å². The first kappa shape index (κ1) is 14.5. The molecule has 3 heteroatoms. The molecule has 0 atom stereocenters. The standard InChI is InChI=1S/C14H28N2O/c1-13(2,3)7-5-6-12(17)16-11-14(8-9-14)10-15-4/h15H,5-11H2,1-4H3,(H,16,17). The third-order valence-corrected chi connectivity index (χ3v) is 3.50. The van der Waals surface area contributed by atoms with Crippen LogP contribution in [-0.2, 0) is 4.79 Å². The van der Waals surface area contributed by atoms with E-state index in [0.29, 0.717) is 17.3 Å². The molecular formula is C14H28N2O. The van der Waals surface area contributed by atoms with Crippen LogP contribution in [0.4, 0.5) is 0 Å². The lowest BCUT2D eigenvalue weighted by molar-refractivity contribution is -0.121. The van der Waals surface area contributed by atoms with E-state index in [1.54, 1.807) is 0 Å². The summed E-state index contributed by atoms with van der Waals surface area (Å²) in [5, 5.41) is 6.28. The fraction of sp³-hybridized carbons (Fsp3) is 0.929. The maximum Gasteiger partial charge on any atom is 0.220 e. The molecule has 0 spiro atoms. The minimum Gasteiger partial charge on any atom is -0.355 e. The van der Waals surface area contributed by atoms with Crippen LogP contribution in [0.2, 0.25) is 0 Å². The molecule has 3 nitrogen and oxygen atoms in total. The quantitative estimate of drug-likeness (QED) is 0.717. The van der Waals surface area contributed by atoms with E-state index in [-0.39, 0.29) is 5.91 Å². The van der Waals surface area contributed by atoms with E-state index in [4.69, 9.17) is 0 Å². The first-order chi connectivity index (χ1) is 7.87. The van der Waals surface area contributed by atoms with Gasteiger partial charge in [-0.25, -0.2) is 0 Å². The van der Waals surface area contributed by atoms with Crippen molar-refractivity contribution in [2.75, 3.05) is 20.1 Å². The highest BCUT2D eigenvalue weighted by Crippen LogP contribution is 2.44. The summed E-state index contributed by atoms with van der Waals surface area (Å²) in [6.07, 6.45) is 5.27. The molecule has 0 radical (unpaired) electrons. The lowest BCUT2D eigenvalue weighted by Gasteiger charge is -2.18. The van der Waals surface area contributed by atoms with Crippen LogP contribution in [0, 0.1) is 10.8 Å². The molecule has 0 aromatic carbocycles. The van der Waals surface area contributed by atoms with Crippen LogP contribution in [0.3, 0.4) is 0 Å². The van der Waals surface area contributed by atoms with E-state index in [1.807, 2.05) is 7.05 Å². The van der Waals surface area contributed by atoms with Gasteiger partial charge < -0.3 is 10.6 Å². The number of carbonyl (C=O) groups excluding carboxylic acids is 1. The first-order valence-electron chi connectivity index (χ1n) is 6.78. The van der Waals surface area contributed by atoms with Crippen LogP contribution in [0.15, 0.2) is 0 Å². The number of amides is 1. The smallest absolute Gasteiger partial charge is 0.220 e. The van der Waals surface area contributed by atoms with E-state index in [2.05, 4.69) is 31.4 Å². The van der Waals surface area contributed by atoms with Crippen molar-refractivity contribution in [3.63, 3.8) is 0 Å². The fourth-order valence-electron chi connectivity index (χ4n) is 2.12. The third kappa shape index (κ3) is 6.06. The highest BCUT2D eigenvalue weighted by atomic mass is 16.1. The first-order valence-corrected chi connectivity index (χ1v) is 6.78. The van der Waals surface area contributed by atoms with Gasteiger partial charge in [0.05, 0.1) is 0 Å². The van der Waals surface area contributed by atoms with E-state index >= 15 is 0 Å². The SMILES string of the molecule is CNCC1(CNC(=O)CCCC(C)(C)C)CC1. The van der Waals surface area contributed by atoms with Crippen LogP contribution in [-0.4, -0.2) is 26.0 Å². The van der Waals surface area contributed by atoms with Crippen molar-refractivity contribution in [2.24, 2.45) is 10.8 Å². The van der Waals surface area contributed by atoms with Gasteiger partial charge in [-0.1, -0.05) is 20.8 Å². The van der Waals surface area contributed by atoms with Gasteiger partial charge in [-0.3, -0.25) is 4.79 Å². The molecule has 1 amide bonds. The number of carbonyl (C=O) groups is 1. The van der Waals surface area contributed by atoms with Crippen molar-refractivity contribution in [1.29, 1.82) is 0 Å². The van der Waals surface area contributed by atoms with E-state index in [0.717, 1.165) is 25.9 Å². The minimum atomic E-state index is 0.219. The summed E-state index contributed by atoms with van der Waals surface area (Å²) in [7, 11) is 1.98. The third-order valence-electron chi connectivity index (χ3n) is 3.50. The van der Waals surface area contributed by atoms with Gasteiger partial charge in [0.1, 0.15) is 0 Å². The van der Waals surface area contributed by atoms with Gasteiger partial charge in [0.25, 0.3) is 0 Å². The molecule has 0 saturated heterocycles. The highest BCUT2D eigenvalue weighted by molar-refractivity contribution is 5.75. The molecule has 1 saturated carbocycles. The van der Waals surface area contributed by atoms with Gasteiger partial charge in [0.2, 0.25) is 5.91 Å². The summed E-state index contributed by atoms with van der Waals surface area (Å²) < 4.78 is 0. The van der Waals surface area contributed by atoms with Gasteiger partial charge in [0, 0.05) is 24.9 Å². The Kier molecular flexibility index (Phi) is 4.99. The average Bonchev–Trinajstić information content (AvgIpc) is 2.94. The van der Waals surface area contributed by atoms with Crippen molar-refractivity contribution in [3.8, 4) is 0 Å². The second kappa shape index (κ2) is 5.85. The highest BCUT2D eigenvalue weighted by Gasteiger charge is 2.41. The monoisotopic (exact) mass is 240 g/mol. The van der Waals surface area contributed by atoms with E-state index in [1.165, 1.54) is 12.8 Å². The summed E-state index contributed by atoms with van der Waals surface area (Å²) in [6, 6.07) is 0. The van der Waals surface area contributed by atoms with Gasteiger partial charge >= 0.3 is 0 Å². The predicted octanol–water partition coefficient (Wildman–Crippen LogP) is 2.32. The zero-order valence-electron chi connectivity index (χ0n) is 11.9. The van der Waals surface area contributed by atoms with Gasteiger partial charge in [-0.2, -0.15) is 0 Å². The Bertz CT molecular complexity index is 251. The largest absolute Gasteiger partial charge is 0.355 e. The van der Waals surface area contributed by atoms with Crippen molar-refractivity contribution < 1.29 is 4.79 Å². The summed E-state index contributed by atoms with van der Waals surface area (Å²) >= 11 is 0. The van der Waals surface area contributed by atoms with Gasteiger partial charge in [-0.15, -0.1) is 0 Å². The molecule has 1 fully saturated rings. The Morgan fingerprint density at radius 2 is 1.88 bits per heavy atom. The van der Waals surface area contributed by atoms with E-state index < -0.39 is 0 Å². The molecule has 0 aromatic heterocycles. The molecule has 1 aliphatic rings. The Morgan fingerprint density at radius 1 is 1.24 bits per heavy atom. The van der Waals surface area contributed by atoms with E-state index in [9.17, 15) is 4.79 Å². The van der Waals surface area contributed by atoms with Crippen LogP contribution < -0.4 is 10.6 Å². The summed E-state index contributed by atoms with van der Waals surface area (Å²) in [5.41, 5.74) is 0.707. The van der Waals surface area contributed by atoms with Crippen LogP contribution in [0.25, 0.3) is 0 Å². The molecule has 100 valence electrons. The number of hydrogen-bond acceptors (Lipinski definition) is 2. The Balaban J connectivity index is 2.10. The average molecular weight is 240 g/mol. The van der Waals surface area contributed by atoms with Gasteiger partial charge in [-0.05, 0) is 38.1 Å². The van der Waals surface area contributed by atoms with Crippen molar-refractivity contribution >= 4 is 5.91 Å². The Labute approximate surface area is 106 Å². The molecule has 1 aliphatic carbocycles. The number of rotatable bonds is 7. The van der Waals surface area contributed by atoms with Crippen LogP contribution >= 0.6 is 0 Å². The predicted molar refractivity (Wildman–Crippen MR) is 71.9 cm³/mol. The Morgan fingerprint density at radius 3 is 2.35 bits per heavy atom. The maximum atomic E-state index is 11.7. The topological polar surface area (TPSA) is 41.1 Å². The minimum absolute atomic E-state index is 0.219. The molecule has 0 aliphatic heterocycles. The zero-order chi connectivity index (χ0) is 12.9. The van der Waals surface area contributed by atoms with Crippen molar-refractivity contribution in [2.45, 2.75) is 52.9 Å². The molecule has 0 unspecified atom stereocenters. The summed E-state index contributed by atoms with van der Waals surface area (Å²) in [4.78, 5) is 11.7. The number of nitrogens with one attached hydrogen (secondary N) is 2. The molecule has 1 rings (SSSR count). The van der Waals surface area contributed by atoms with Crippen molar-refractivity contribution in [3.05, 3.63) is 0 Å². The molecule has 0 heterocycles. The van der Waals surface area contributed by atoms with Gasteiger partial charge in [0.15, 0.2) is 0 Å². The lowest BCUT2D eigenvalue weighted by Crippen LogP contribution is -2.34. The normalized spacial score (nSPS) is 17.9. The van der Waals surface area contributed by atoms with Crippen LogP contribution in [0.1, 0.15) is 52.9 Å². The molecular weight excluding hydrogens is 212 g/mol.